The van der Waals surface area contributed by atoms with Crippen LogP contribution in [-0.2, 0) is 9.47 Å². The summed E-state index contributed by atoms with van der Waals surface area (Å²) in [5, 5.41) is 0. The molecule has 0 radical (unpaired) electrons. The van der Waals surface area contributed by atoms with Crippen LogP contribution < -0.4 is 14.2 Å². The third kappa shape index (κ3) is 9.72. The van der Waals surface area contributed by atoms with Crippen LogP contribution in [0.3, 0.4) is 0 Å². The van der Waals surface area contributed by atoms with Crippen molar-refractivity contribution in [2.45, 2.75) is 26.4 Å². The van der Waals surface area contributed by atoms with Crippen LogP contribution in [0.2, 0.25) is 0 Å². The summed E-state index contributed by atoms with van der Waals surface area (Å²) in [4.78, 5) is 82.0. The Morgan fingerprint density at radius 1 is 0.368 bits per heavy atom. The Bertz CT molecular complexity index is 2380. The molecule has 6 aromatic rings. The van der Waals surface area contributed by atoms with Crippen LogP contribution in [0.4, 0.5) is 0 Å². The van der Waals surface area contributed by atoms with E-state index in [-0.39, 0.29) is 50.3 Å². The van der Waals surface area contributed by atoms with Gasteiger partial charge in [-0.3, -0.25) is 0 Å². The molecule has 0 aliphatic rings. The van der Waals surface area contributed by atoms with E-state index >= 15 is 0 Å². The van der Waals surface area contributed by atoms with Gasteiger partial charge in [-0.1, -0.05) is 78.9 Å². The van der Waals surface area contributed by atoms with Crippen LogP contribution in [0.1, 0.15) is 82.9 Å². The number of hydrogen-bond donors (Lipinski definition) is 0. The second kappa shape index (κ2) is 17.2. The number of rotatable bonds is 10. The maximum atomic E-state index is 14.1. The van der Waals surface area contributed by atoms with Crippen LogP contribution in [0.5, 0.6) is 17.2 Å². The molecule has 6 rings (SSSR count). The van der Waals surface area contributed by atoms with E-state index in [0.717, 1.165) is 0 Å². The fraction of sp³-hybridized carbons (Fsp3) is 0.0870. The largest absolute Gasteiger partial charge is 0.456 e. The van der Waals surface area contributed by atoms with E-state index in [1.165, 1.54) is 78.9 Å². The third-order valence-electron chi connectivity index (χ3n) is 8.03. The fourth-order valence-corrected chi connectivity index (χ4v) is 5.47. The van der Waals surface area contributed by atoms with Crippen molar-refractivity contribution in [3.8, 4) is 28.4 Å². The zero-order chi connectivity index (χ0) is 40.5. The molecule has 0 amide bonds. The molecule has 0 spiro atoms. The topological polar surface area (TPSA) is 149 Å². The molecular formula is C46H34O11. The highest BCUT2D eigenvalue weighted by atomic mass is 16.6. The standard InChI is InChI=1S/C46H34O11/c1-46(2,3)57-44(51)33-27-36(54-41(48)30-19-10-5-11-20-30)39(37(28-33)55-42(49)31-21-12-6-13-22-31)38-34(45(52)56-43(50)32-23-14-7-15-24-32)25-16-26-35(38)53-40(47)29-17-8-4-9-18-29/h4-28H,1-3H3. The van der Waals surface area contributed by atoms with Gasteiger partial charge in [0, 0.05) is 5.56 Å². The van der Waals surface area contributed by atoms with E-state index in [0.29, 0.717) is 0 Å². The Morgan fingerprint density at radius 3 is 1.16 bits per heavy atom. The Hall–Kier alpha value is -7.66. The predicted octanol–water partition coefficient (Wildman–Crippen LogP) is 8.96. The molecule has 0 atom stereocenters. The van der Waals surface area contributed by atoms with Gasteiger partial charge < -0.3 is 23.7 Å². The van der Waals surface area contributed by atoms with E-state index in [4.69, 9.17) is 23.7 Å². The Labute approximate surface area is 327 Å². The molecular weight excluding hydrogens is 728 g/mol. The highest BCUT2D eigenvalue weighted by Crippen LogP contribution is 2.47. The Morgan fingerprint density at radius 2 is 0.754 bits per heavy atom. The first-order valence-electron chi connectivity index (χ1n) is 17.6. The van der Waals surface area contributed by atoms with Gasteiger partial charge in [0.25, 0.3) is 0 Å². The van der Waals surface area contributed by atoms with Crippen LogP contribution in [-0.4, -0.2) is 41.4 Å². The Kier molecular flexibility index (Phi) is 11.8. The number of benzene rings is 6. The van der Waals surface area contributed by atoms with Gasteiger partial charge in [0.05, 0.1) is 38.9 Å². The minimum atomic E-state index is -1.20. The van der Waals surface area contributed by atoms with Crippen molar-refractivity contribution in [2.24, 2.45) is 0 Å². The average molecular weight is 763 g/mol. The predicted molar refractivity (Wildman–Crippen MR) is 207 cm³/mol. The second-order valence-corrected chi connectivity index (χ2v) is 13.3. The summed E-state index contributed by atoms with van der Waals surface area (Å²) in [6, 6.07) is 37.8. The molecule has 0 aliphatic carbocycles. The number of esters is 6. The number of carbonyl (C=O) groups excluding carboxylic acids is 6. The average Bonchev–Trinajstić information content (AvgIpc) is 3.21. The summed E-state index contributed by atoms with van der Waals surface area (Å²) in [6.45, 7) is 4.95. The lowest BCUT2D eigenvalue weighted by Crippen LogP contribution is -2.24. The molecule has 57 heavy (non-hydrogen) atoms. The first-order chi connectivity index (χ1) is 27.4. The van der Waals surface area contributed by atoms with Gasteiger partial charge >= 0.3 is 35.8 Å². The molecule has 11 nitrogen and oxygen atoms in total. The highest BCUT2D eigenvalue weighted by molar-refractivity contribution is 6.09. The minimum Gasteiger partial charge on any atom is -0.456 e. The molecule has 0 fully saturated rings. The summed E-state index contributed by atoms with van der Waals surface area (Å²) in [6.07, 6.45) is 0. The summed E-state index contributed by atoms with van der Waals surface area (Å²) in [7, 11) is 0. The quantitative estimate of drug-likeness (QED) is 0.0748. The fourth-order valence-electron chi connectivity index (χ4n) is 5.47. The van der Waals surface area contributed by atoms with Gasteiger partial charge in [0.1, 0.15) is 22.8 Å². The van der Waals surface area contributed by atoms with Crippen molar-refractivity contribution in [3.05, 3.63) is 185 Å². The summed E-state index contributed by atoms with van der Waals surface area (Å²) < 4.78 is 28.8. The molecule has 0 N–H and O–H groups in total. The van der Waals surface area contributed by atoms with Crippen LogP contribution in [0, 0.1) is 0 Å². The molecule has 0 saturated carbocycles. The van der Waals surface area contributed by atoms with Crippen molar-refractivity contribution < 1.29 is 52.5 Å². The zero-order valence-electron chi connectivity index (χ0n) is 30.9. The maximum absolute atomic E-state index is 14.1. The van der Waals surface area contributed by atoms with E-state index in [1.54, 1.807) is 93.6 Å². The first kappa shape index (κ1) is 39.0. The maximum Gasteiger partial charge on any atom is 0.346 e. The van der Waals surface area contributed by atoms with E-state index in [1.807, 2.05) is 0 Å². The smallest absolute Gasteiger partial charge is 0.346 e. The molecule has 0 heterocycles. The second-order valence-electron chi connectivity index (χ2n) is 13.3. The van der Waals surface area contributed by atoms with Crippen molar-refractivity contribution in [1.29, 1.82) is 0 Å². The summed E-state index contributed by atoms with van der Waals surface area (Å²) in [5.41, 5.74) is -1.70. The highest BCUT2D eigenvalue weighted by Gasteiger charge is 2.32. The molecule has 284 valence electrons. The van der Waals surface area contributed by atoms with E-state index in [9.17, 15) is 28.8 Å². The minimum absolute atomic E-state index is 0.0655. The Balaban J connectivity index is 1.62. The van der Waals surface area contributed by atoms with Crippen molar-refractivity contribution in [2.75, 3.05) is 0 Å². The van der Waals surface area contributed by atoms with Crippen molar-refractivity contribution in [1.82, 2.24) is 0 Å². The third-order valence-corrected chi connectivity index (χ3v) is 8.03. The van der Waals surface area contributed by atoms with Crippen LogP contribution in [0.25, 0.3) is 11.1 Å². The molecule has 0 unspecified atom stereocenters. The van der Waals surface area contributed by atoms with Gasteiger partial charge in [-0.15, -0.1) is 0 Å². The number of carbonyl (C=O) groups is 6. The first-order valence-corrected chi connectivity index (χ1v) is 17.6. The normalized spacial score (nSPS) is 10.8. The van der Waals surface area contributed by atoms with E-state index < -0.39 is 52.9 Å². The molecule has 0 saturated heterocycles. The van der Waals surface area contributed by atoms with Gasteiger partial charge in [-0.2, -0.15) is 0 Å². The van der Waals surface area contributed by atoms with Crippen molar-refractivity contribution in [3.63, 3.8) is 0 Å². The zero-order valence-corrected chi connectivity index (χ0v) is 30.9. The lowest BCUT2D eigenvalue weighted by Gasteiger charge is -2.22. The van der Waals surface area contributed by atoms with Gasteiger partial charge in [0.15, 0.2) is 0 Å². The lowest BCUT2D eigenvalue weighted by molar-refractivity contribution is 0.00670. The molecule has 0 aromatic heterocycles. The van der Waals surface area contributed by atoms with Crippen LogP contribution in [0.15, 0.2) is 152 Å². The van der Waals surface area contributed by atoms with Gasteiger partial charge in [0.2, 0.25) is 0 Å². The number of ether oxygens (including phenoxy) is 5. The monoisotopic (exact) mass is 762 g/mol. The summed E-state index contributed by atoms with van der Waals surface area (Å²) >= 11 is 0. The van der Waals surface area contributed by atoms with Gasteiger partial charge in [-0.05, 0) is 93.6 Å². The van der Waals surface area contributed by atoms with Crippen molar-refractivity contribution >= 4 is 35.8 Å². The van der Waals surface area contributed by atoms with Crippen LogP contribution >= 0.6 is 0 Å². The SMILES string of the molecule is CC(C)(C)OC(=O)c1cc(OC(=O)c2ccccc2)c(-c2c(OC(=O)c3ccccc3)cccc2C(=O)OC(=O)c2ccccc2)c(OC(=O)c2ccccc2)c1. The van der Waals surface area contributed by atoms with Gasteiger partial charge in [-0.25, -0.2) is 28.8 Å². The lowest BCUT2D eigenvalue weighted by atomic mass is 9.95. The molecule has 0 aliphatic heterocycles. The molecule has 6 aromatic carbocycles. The summed E-state index contributed by atoms with van der Waals surface area (Å²) in [5.74, 6) is -6.83. The molecule has 0 bridgehead atoms. The molecule has 11 heteroatoms. The van der Waals surface area contributed by atoms with E-state index in [2.05, 4.69) is 0 Å². The number of hydrogen-bond acceptors (Lipinski definition) is 11.